The fourth-order valence-electron chi connectivity index (χ4n) is 13.7. The Bertz CT molecular complexity index is 4310. The Balaban J connectivity index is 1.61. The van der Waals surface area contributed by atoms with Gasteiger partial charge in [-0.2, -0.15) is 0 Å². The number of hydrogen-bond donors (Lipinski definition) is 19. The maximum absolute atomic E-state index is 15.2. The first kappa shape index (κ1) is 100. The molecule has 15 atom stereocenters. The number of Topliss-reactive ketones (excluding diaryl/α,β-unsaturated/α-hetero) is 1. The van der Waals surface area contributed by atoms with E-state index in [1.54, 1.807) is 68.6 Å². The lowest BCUT2D eigenvalue weighted by molar-refractivity contribution is -0.139. The molecule has 0 spiro atoms. The summed E-state index contributed by atoms with van der Waals surface area (Å²) in [6, 6.07) is 2.85. The van der Waals surface area contributed by atoms with Crippen LogP contribution in [0.25, 0.3) is 10.9 Å². The summed E-state index contributed by atoms with van der Waals surface area (Å²) in [5.41, 5.74) is 9.02. The van der Waals surface area contributed by atoms with Crippen LogP contribution in [0.3, 0.4) is 0 Å². The molecule has 0 fully saturated rings. The minimum Gasteiger partial charge on any atom is -0.508 e. The van der Waals surface area contributed by atoms with Crippen molar-refractivity contribution in [2.75, 3.05) is 6.61 Å². The van der Waals surface area contributed by atoms with E-state index in [0.29, 0.717) is 64.7 Å². The second kappa shape index (κ2) is 48.2. The summed E-state index contributed by atoms with van der Waals surface area (Å²) in [6.07, 6.45) is 4.49. The van der Waals surface area contributed by atoms with Crippen molar-refractivity contribution in [3.63, 3.8) is 0 Å². The van der Waals surface area contributed by atoms with Gasteiger partial charge in [-0.05, 0) is 159 Å². The molecule has 5 rings (SSSR count). The largest absolute Gasteiger partial charge is 0.508 e. The number of carbonyl (C=O) groups is 16. The van der Waals surface area contributed by atoms with Crippen LogP contribution in [-0.2, 0) is 96.0 Å². The third-order valence-corrected chi connectivity index (χ3v) is 21.0. The average molecular weight is 1710 g/mol. The molecule has 0 bridgehead atoms. The number of ketones is 1. The lowest BCUT2D eigenvalue weighted by atomic mass is 9.86. The topological polar surface area (TPSA) is 558 Å². The molecule has 0 aliphatic carbocycles. The molecule has 4 aromatic rings. The average Bonchev–Trinajstić information content (AvgIpc) is 1.35. The van der Waals surface area contributed by atoms with Gasteiger partial charge in [0.15, 0.2) is 5.78 Å². The van der Waals surface area contributed by atoms with Crippen LogP contribution < -0.4 is 80.6 Å². The number of benzene rings is 3. The zero-order valence-corrected chi connectivity index (χ0v) is 71.7. The number of amides is 15. The second-order valence-corrected chi connectivity index (χ2v) is 33.0. The molecule has 3 aromatic carbocycles. The molecule has 1 aromatic heterocycles. The van der Waals surface area contributed by atoms with Crippen LogP contribution in [0.15, 0.2) is 91.1 Å². The van der Waals surface area contributed by atoms with Gasteiger partial charge in [-0.25, -0.2) is 0 Å². The number of carbonyl (C=O) groups excluding carboxylic acids is 16. The number of halogens is 1. The summed E-state index contributed by atoms with van der Waals surface area (Å²) in [6.45, 7) is 16.7. The number of aromatic nitrogens is 1. The molecule has 35 nitrogen and oxygen atoms in total. The quantitative estimate of drug-likeness (QED) is 0.0343. The van der Waals surface area contributed by atoms with E-state index >= 15 is 19.2 Å². The third-order valence-electron chi connectivity index (χ3n) is 20.8. The summed E-state index contributed by atoms with van der Waals surface area (Å²) >= 11 is 6.37. The number of aromatic hydroxyl groups is 1. The number of H-pyrrole nitrogens is 1. The van der Waals surface area contributed by atoms with Gasteiger partial charge in [0, 0.05) is 67.1 Å². The highest BCUT2D eigenvalue weighted by Gasteiger charge is 2.43. The molecule has 0 saturated heterocycles. The van der Waals surface area contributed by atoms with E-state index in [4.69, 9.17) is 23.1 Å². The molecule has 21 N–H and O–H groups in total. The Morgan fingerprint density at radius 1 is 0.587 bits per heavy atom. The molecule has 2 unspecified atom stereocenters. The van der Waals surface area contributed by atoms with Gasteiger partial charge in [0.1, 0.15) is 77.2 Å². The predicted molar refractivity (Wildman–Crippen MR) is 451 cm³/mol. The number of fused-ring (bicyclic) bond motifs is 1. The number of phenolic OH excluding ortho intramolecular Hbond substituents is 1. The molecule has 1 aliphatic rings. The van der Waals surface area contributed by atoms with Gasteiger partial charge in [-0.15, -0.1) is 0 Å². The van der Waals surface area contributed by atoms with Crippen LogP contribution in [0.4, 0.5) is 0 Å². The lowest BCUT2D eigenvalue weighted by Crippen LogP contribution is -2.64. The van der Waals surface area contributed by atoms with Gasteiger partial charge in [0.05, 0.1) is 18.8 Å². The van der Waals surface area contributed by atoms with Crippen molar-refractivity contribution >= 4 is 117 Å². The van der Waals surface area contributed by atoms with Gasteiger partial charge in [0.25, 0.3) is 0 Å². The number of aliphatic hydroxyl groups is 2. The standard InChI is InChI=1S/C85H123ClN16O19/c1-46(2)37-56-42-68(107)61(33-34-69(87)108)95-73(111)50(7)91-76(114)66(41-57-44-89-62-43-58(86)29-32-60(57)62)97-77(115)64(40-55-27-30-59(106)31-28-55)96-74(112)51(8)93-82(120)84(11,102-80(118)65(39-54-25-21-20-22-26-54)98-81(119)70(52(9)104)100-78(116)63(38-47(3)4)94-53(10)105)35-23-18-16-14-13-15-17-19-24-36-85(12,101-75(56)113)83(121)99-67(45-103)79(117)92-49(6)72(110)90-48(5)71(88)109/h15,17,20-22,25-32,43-44,46-52,56,61,63-67,70,89,103-104,106H,13-14,16,18-19,23-24,33-42,45H2,1-12H3,(H2,87,108)(H2,88,109)(H,90,110)(H,91,114)(H,92,117)(H,93,120)(H,94,105)(H,95,111)(H,96,112)(H,97,115)(H,98,119)(H,99,121)(H,100,116)(H,101,113)(H,102,118)/b17-15+/t48-,49-,50?,51?,52+,56+,61-,63-,64-,65-,66-,67-,70-,84+,85-/m0/s1. The smallest absolute Gasteiger partial charge is 0.246 e. The third kappa shape index (κ3) is 33.0. The fourth-order valence-corrected chi connectivity index (χ4v) is 13.8. The summed E-state index contributed by atoms with van der Waals surface area (Å²) in [5, 5.41) is 66.8. The van der Waals surface area contributed by atoms with Crippen molar-refractivity contribution in [1.82, 2.24) is 74.1 Å². The zero-order chi connectivity index (χ0) is 90.2. The number of allylic oxidation sites excluding steroid dienone is 2. The van der Waals surface area contributed by atoms with E-state index in [1.807, 2.05) is 26.0 Å². The molecular formula is C85H123ClN16O19. The van der Waals surface area contributed by atoms with Gasteiger partial charge in [0.2, 0.25) is 88.6 Å². The highest BCUT2D eigenvalue weighted by molar-refractivity contribution is 6.31. The Labute approximate surface area is 710 Å². The maximum atomic E-state index is 15.2. The van der Waals surface area contributed by atoms with Crippen molar-refractivity contribution in [2.45, 2.75) is 276 Å². The Hall–Kier alpha value is -11.3. The van der Waals surface area contributed by atoms with E-state index < -0.39 is 203 Å². The number of primary amides is 2. The van der Waals surface area contributed by atoms with Crippen LogP contribution in [-0.4, -0.2) is 205 Å². The molecule has 0 saturated carbocycles. The van der Waals surface area contributed by atoms with Crippen LogP contribution in [0.1, 0.15) is 190 Å². The van der Waals surface area contributed by atoms with Crippen molar-refractivity contribution in [2.24, 2.45) is 29.2 Å². The molecule has 36 heteroatoms. The van der Waals surface area contributed by atoms with E-state index in [0.717, 1.165) is 0 Å². The Morgan fingerprint density at radius 2 is 1.18 bits per heavy atom. The number of phenols is 1. The monoisotopic (exact) mass is 1710 g/mol. The molecule has 664 valence electrons. The maximum Gasteiger partial charge on any atom is 0.246 e. The molecule has 2 heterocycles. The SMILES string of the molecule is CC(=O)N[C@@H](CC(C)C)C(=O)N[C@H](C(=O)N[C@@H](Cc1ccccc1)C(=O)N[C@]1(C)CCCCCC/C=C/CCC[C@@](C)(C(=O)N[C@@H](CO)C(=O)N[C@@H](C)C(=O)N[C@@H](C)C(N)=O)NC(=O)[C@H](CC(C)C)CC(=O)[C@H](CCC(N)=O)NC(=O)C(C)NC(=O)[C@H](Cc2c[nH]c3cc(Cl)ccc23)NC(=O)[C@H](Cc2ccc(O)cc2)NC(=O)C(C)NC1=O)[C@@H](C)O. The van der Waals surface area contributed by atoms with Gasteiger partial charge in [-0.3, -0.25) is 76.7 Å². The van der Waals surface area contributed by atoms with E-state index in [9.17, 15) is 72.9 Å². The Morgan fingerprint density at radius 3 is 1.79 bits per heavy atom. The fraction of sp³-hybridized carbons (Fsp3) is 0.553. The normalized spacial score (nSPS) is 22.7. The zero-order valence-electron chi connectivity index (χ0n) is 71.0. The minimum absolute atomic E-state index is 0.0220. The molecule has 121 heavy (non-hydrogen) atoms. The number of rotatable bonds is 29. The van der Waals surface area contributed by atoms with Crippen molar-refractivity contribution in [1.29, 1.82) is 0 Å². The molecule has 1 aliphatic heterocycles. The minimum atomic E-state index is -1.91. The Kier molecular flexibility index (Phi) is 39.9. The number of nitrogens with one attached hydrogen (secondary N) is 14. The van der Waals surface area contributed by atoms with E-state index in [2.05, 4.69) is 74.1 Å². The lowest BCUT2D eigenvalue weighted by Gasteiger charge is -2.33. The second-order valence-electron chi connectivity index (χ2n) is 32.6. The molecular weight excluding hydrogens is 1580 g/mol. The number of nitrogens with two attached hydrogens (primary N) is 2. The highest BCUT2D eigenvalue weighted by atomic mass is 35.5. The molecule has 0 radical (unpaired) electrons. The van der Waals surface area contributed by atoms with E-state index in [1.165, 1.54) is 79.7 Å². The van der Waals surface area contributed by atoms with Crippen LogP contribution in [0.2, 0.25) is 5.02 Å². The number of hydrogen-bond acceptors (Lipinski definition) is 19. The first-order chi connectivity index (χ1) is 56.9. The highest BCUT2D eigenvalue weighted by Crippen LogP contribution is 2.27. The summed E-state index contributed by atoms with van der Waals surface area (Å²) in [4.78, 5) is 229. The number of aliphatic hydroxyl groups excluding tert-OH is 2. The summed E-state index contributed by atoms with van der Waals surface area (Å²) < 4.78 is 0. The van der Waals surface area contributed by atoms with Crippen molar-refractivity contribution in [3.05, 3.63) is 113 Å². The van der Waals surface area contributed by atoms with Crippen LogP contribution >= 0.6 is 11.6 Å². The van der Waals surface area contributed by atoms with Crippen LogP contribution in [0.5, 0.6) is 5.75 Å². The van der Waals surface area contributed by atoms with Crippen molar-refractivity contribution in [3.8, 4) is 5.75 Å². The van der Waals surface area contributed by atoms with Gasteiger partial charge < -0.3 is 101 Å². The molecule has 15 amide bonds. The summed E-state index contributed by atoms with van der Waals surface area (Å²) in [7, 11) is 0. The van der Waals surface area contributed by atoms with Crippen molar-refractivity contribution < 1.29 is 92.0 Å². The van der Waals surface area contributed by atoms with E-state index in [-0.39, 0.29) is 81.8 Å². The number of aromatic amines is 1. The first-order valence-electron chi connectivity index (χ1n) is 41.0. The van der Waals surface area contributed by atoms with Crippen LogP contribution in [0, 0.1) is 17.8 Å². The summed E-state index contributed by atoms with van der Waals surface area (Å²) in [5.74, 6) is -15.8. The van der Waals surface area contributed by atoms with Gasteiger partial charge in [-0.1, -0.05) is 119 Å². The predicted octanol–water partition coefficient (Wildman–Crippen LogP) is 1.61. The van der Waals surface area contributed by atoms with Gasteiger partial charge >= 0.3 is 0 Å². The first-order valence-corrected chi connectivity index (χ1v) is 41.4.